The number of nitrogens with two attached hydrogens (primary N) is 1. The third-order valence-corrected chi connectivity index (χ3v) is 2.34. The molecule has 0 aliphatic heterocycles. The van der Waals surface area contributed by atoms with Gasteiger partial charge in [-0.25, -0.2) is 0 Å². The van der Waals surface area contributed by atoms with E-state index in [4.69, 9.17) is 5.73 Å². The maximum atomic E-state index is 13.0. The second-order valence-electron chi connectivity index (χ2n) is 3.52. The van der Waals surface area contributed by atoms with Gasteiger partial charge in [0.15, 0.2) is 0 Å². The number of halogens is 6. The first kappa shape index (κ1) is 17.7. The molecule has 110 valence electrons. The minimum atomic E-state index is -5.80. The lowest BCUT2D eigenvalue weighted by Crippen LogP contribution is -2.45. The average Bonchev–Trinajstić information content (AvgIpc) is 2.27. The van der Waals surface area contributed by atoms with Crippen molar-refractivity contribution in [2.75, 3.05) is 7.11 Å². The molecule has 0 aliphatic rings. The van der Waals surface area contributed by atoms with Gasteiger partial charge in [0.1, 0.15) is 17.5 Å². The summed E-state index contributed by atoms with van der Waals surface area (Å²) in [5.41, 5.74) is 4.16. The molecule has 0 aromatic heterocycles. The highest BCUT2D eigenvalue weighted by Gasteiger charge is 2.62. The summed E-state index contributed by atoms with van der Waals surface area (Å²) < 4.78 is 67.1. The molecule has 1 atom stereocenters. The molecule has 0 saturated heterocycles. The van der Waals surface area contributed by atoms with Gasteiger partial charge in [-0.1, -0.05) is 0 Å². The van der Waals surface area contributed by atoms with Crippen LogP contribution in [0.5, 0.6) is 11.5 Å². The molecule has 0 fully saturated rings. The number of benzene rings is 1. The summed E-state index contributed by atoms with van der Waals surface area (Å²) in [5.74, 6) is -5.90. The lowest BCUT2D eigenvalue weighted by Gasteiger charge is -2.26. The van der Waals surface area contributed by atoms with Crippen molar-refractivity contribution in [2.45, 2.75) is 18.1 Å². The summed E-state index contributed by atoms with van der Waals surface area (Å²) in [5, 5.41) is 9.29. The van der Waals surface area contributed by atoms with Gasteiger partial charge in [0.2, 0.25) is 0 Å². The second kappa shape index (κ2) is 5.79. The molecule has 0 spiro atoms. The fourth-order valence-corrected chi connectivity index (χ4v) is 1.28. The van der Waals surface area contributed by atoms with E-state index < -0.39 is 29.5 Å². The number of hydrogen-bond donors (Lipinski definition) is 2. The fourth-order valence-electron chi connectivity index (χ4n) is 1.28. The van der Waals surface area contributed by atoms with E-state index in [0.717, 1.165) is 12.1 Å². The van der Waals surface area contributed by atoms with E-state index >= 15 is 0 Å². The number of phenols is 1. The Balaban J connectivity index is 0.00000324. The Bertz CT molecular complexity index is 438. The topological polar surface area (TPSA) is 55.5 Å². The minimum Gasteiger partial charge on any atom is -0.508 e. The van der Waals surface area contributed by atoms with E-state index in [1.54, 1.807) is 0 Å². The Morgan fingerprint density at radius 2 is 1.74 bits per heavy atom. The normalized spacial score (nSPS) is 13.6. The van der Waals surface area contributed by atoms with Gasteiger partial charge in [-0.2, -0.15) is 22.0 Å². The predicted molar refractivity (Wildman–Crippen MR) is 59.8 cm³/mol. The molecule has 0 bridgehead atoms. The Morgan fingerprint density at radius 3 is 2.16 bits per heavy atom. The van der Waals surface area contributed by atoms with Crippen molar-refractivity contribution in [1.29, 1.82) is 0 Å². The van der Waals surface area contributed by atoms with Crippen molar-refractivity contribution in [2.24, 2.45) is 5.73 Å². The smallest absolute Gasteiger partial charge is 0.455 e. The number of aromatic hydroxyl groups is 1. The molecule has 9 heteroatoms. The van der Waals surface area contributed by atoms with Gasteiger partial charge < -0.3 is 15.6 Å². The zero-order valence-corrected chi connectivity index (χ0v) is 10.4. The first-order chi connectivity index (χ1) is 8.11. The lowest BCUT2D eigenvalue weighted by atomic mass is 9.99. The Hall–Kier alpha value is -1.28. The molecule has 1 aromatic carbocycles. The summed E-state index contributed by atoms with van der Waals surface area (Å²) in [4.78, 5) is 0. The van der Waals surface area contributed by atoms with Crippen LogP contribution in [0.2, 0.25) is 0 Å². The van der Waals surface area contributed by atoms with Crippen LogP contribution in [0, 0.1) is 0 Å². The van der Waals surface area contributed by atoms with E-state index in [1.807, 2.05) is 0 Å². The maximum absolute atomic E-state index is 13.0. The molecule has 0 unspecified atom stereocenters. The van der Waals surface area contributed by atoms with Crippen LogP contribution in [-0.4, -0.2) is 24.3 Å². The number of phenolic OH excluding ortho intramolecular Hbond substituents is 1. The summed E-state index contributed by atoms with van der Waals surface area (Å²) in [6.07, 6.45) is -5.80. The highest BCUT2D eigenvalue weighted by Crippen LogP contribution is 2.45. The van der Waals surface area contributed by atoms with E-state index in [1.165, 1.54) is 13.2 Å². The number of hydrogen-bond acceptors (Lipinski definition) is 3. The fraction of sp³-hybridized carbons (Fsp3) is 0.400. The number of ether oxygens (including phenoxy) is 1. The molecular formula is C10H11ClF5NO2. The Morgan fingerprint density at radius 1 is 1.21 bits per heavy atom. The van der Waals surface area contributed by atoms with Crippen LogP contribution in [0.15, 0.2) is 18.2 Å². The zero-order valence-electron chi connectivity index (χ0n) is 9.54. The van der Waals surface area contributed by atoms with E-state index in [9.17, 15) is 27.1 Å². The molecule has 19 heavy (non-hydrogen) atoms. The predicted octanol–water partition coefficient (Wildman–Crippen LogP) is 3.02. The van der Waals surface area contributed by atoms with Gasteiger partial charge in [0.25, 0.3) is 0 Å². The largest absolute Gasteiger partial charge is 0.508 e. The molecule has 3 N–H and O–H groups in total. The summed E-state index contributed by atoms with van der Waals surface area (Å²) in [7, 11) is 1.20. The standard InChI is InChI=1S/C10H10F5NO2.ClH/c1-18-5-2-3-7(17)6(4-5)8(16)9(11,12)10(13,14)15;/h2-4,8,17H,16H2,1H3;1H/t8-;/m0./s1. The molecule has 0 aliphatic carbocycles. The van der Waals surface area contributed by atoms with Gasteiger partial charge in [0, 0.05) is 5.56 Å². The molecule has 3 nitrogen and oxygen atoms in total. The van der Waals surface area contributed by atoms with E-state index in [0.29, 0.717) is 0 Å². The van der Waals surface area contributed by atoms with Gasteiger partial charge in [-0.3, -0.25) is 0 Å². The maximum Gasteiger partial charge on any atom is 0.455 e. The molecular weight excluding hydrogens is 297 g/mol. The zero-order chi connectivity index (χ0) is 14.1. The molecule has 0 amide bonds. The van der Waals surface area contributed by atoms with Crippen molar-refractivity contribution in [1.82, 2.24) is 0 Å². The first-order valence-corrected chi connectivity index (χ1v) is 4.68. The van der Waals surface area contributed by atoms with E-state index in [-0.39, 0.29) is 18.2 Å². The molecule has 0 radical (unpaired) electrons. The monoisotopic (exact) mass is 307 g/mol. The van der Waals surface area contributed by atoms with Crippen LogP contribution in [0.4, 0.5) is 22.0 Å². The number of rotatable bonds is 3. The summed E-state index contributed by atoms with van der Waals surface area (Å²) in [6, 6.07) is 0.254. The van der Waals surface area contributed by atoms with Crippen LogP contribution in [0.25, 0.3) is 0 Å². The average molecular weight is 308 g/mol. The van der Waals surface area contributed by atoms with Crippen LogP contribution in [0.3, 0.4) is 0 Å². The summed E-state index contributed by atoms with van der Waals surface area (Å²) in [6.45, 7) is 0. The Labute approximate surface area is 111 Å². The van der Waals surface area contributed by atoms with Gasteiger partial charge in [0.05, 0.1) is 7.11 Å². The molecule has 0 heterocycles. The van der Waals surface area contributed by atoms with Crippen molar-refractivity contribution in [3.8, 4) is 11.5 Å². The number of alkyl halides is 5. The van der Waals surface area contributed by atoms with Crippen molar-refractivity contribution < 1.29 is 31.8 Å². The van der Waals surface area contributed by atoms with Crippen LogP contribution in [-0.2, 0) is 0 Å². The van der Waals surface area contributed by atoms with Gasteiger partial charge in [-0.15, -0.1) is 12.4 Å². The quantitative estimate of drug-likeness (QED) is 0.844. The number of methoxy groups -OCH3 is 1. The molecule has 0 saturated carbocycles. The summed E-state index contributed by atoms with van der Waals surface area (Å²) >= 11 is 0. The van der Waals surface area contributed by atoms with Crippen LogP contribution >= 0.6 is 12.4 Å². The van der Waals surface area contributed by atoms with Crippen LogP contribution in [0.1, 0.15) is 11.6 Å². The third kappa shape index (κ3) is 3.38. The van der Waals surface area contributed by atoms with E-state index in [2.05, 4.69) is 4.74 Å². The lowest BCUT2D eigenvalue weighted by molar-refractivity contribution is -0.291. The van der Waals surface area contributed by atoms with Gasteiger partial charge in [-0.05, 0) is 18.2 Å². The molecule has 1 rings (SSSR count). The van der Waals surface area contributed by atoms with Crippen LogP contribution < -0.4 is 10.5 Å². The van der Waals surface area contributed by atoms with Crippen molar-refractivity contribution >= 4 is 12.4 Å². The minimum absolute atomic E-state index is 0. The van der Waals surface area contributed by atoms with Crippen molar-refractivity contribution in [3.63, 3.8) is 0 Å². The highest BCUT2D eigenvalue weighted by atomic mass is 35.5. The van der Waals surface area contributed by atoms with Crippen molar-refractivity contribution in [3.05, 3.63) is 23.8 Å². The Kier molecular flexibility index (Phi) is 5.40. The van der Waals surface area contributed by atoms with Gasteiger partial charge >= 0.3 is 12.1 Å². The first-order valence-electron chi connectivity index (χ1n) is 4.68. The third-order valence-electron chi connectivity index (χ3n) is 2.34. The molecule has 1 aromatic rings. The highest BCUT2D eigenvalue weighted by molar-refractivity contribution is 5.85. The SMILES string of the molecule is COc1ccc(O)c([C@H](N)C(F)(F)C(F)(F)F)c1.Cl. The second-order valence-corrected chi connectivity index (χ2v) is 3.52.